The molecule has 0 radical (unpaired) electrons. The molecule has 0 spiro atoms. The fourth-order valence-corrected chi connectivity index (χ4v) is 4.40. The van der Waals surface area contributed by atoms with Crippen molar-refractivity contribution in [1.82, 2.24) is 4.90 Å². The molecule has 0 bridgehead atoms. The van der Waals surface area contributed by atoms with Gasteiger partial charge in [-0.05, 0) is 49.5 Å². The summed E-state index contributed by atoms with van der Waals surface area (Å²) in [6, 6.07) is 19.5. The van der Waals surface area contributed by atoms with Crippen molar-refractivity contribution in [2.24, 2.45) is 0 Å². The highest BCUT2D eigenvalue weighted by atomic mass is 35.5. The summed E-state index contributed by atoms with van der Waals surface area (Å²) in [5, 5.41) is 3.58. The second-order valence-corrected chi connectivity index (χ2v) is 8.45. The van der Waals surface area contributed by atoms with Gasteiger partial charge in [0.05, 0.1) is 4.88 Å². The summed E-state index contributed by atoms with van der Waals surface area (Å²) in [7, 11) is 2.16. The van der Waals surface area contributed by atoms with Crippen LogP contribution in [-0.4, -0.2) is 44.0 Å². The van der Waals surface area contributed by atoms with Gasteiger partial charge in [0.15, 0.2) is 0 Å². The van der Waals surface area contributed by atoms with Gasteiger partial charge in [0, 0.05) is 53.0 Å². The van der Waals surface area contributed by atoms with Gasteiger partial charge in [-0.3, -0.25) is 4.79 Å². The average Bonchev–Trinajstić information content (AvgIpc) is 3.21. The van der Waals surface area contributed by atoms with Crippen LogP contribution in [0, 0.1) is 0 Å². The molecule has 7 heteroatoms. The zero-order chi connectivity index (χ0) is 19.5. The van der Waals surface area contributed by atoms with Crippen LogP contribution in [0.3, 0.4) is 0 Å². The van der Waals surface area contributed by atoms with Gasteiger partial charge in [0.25, 0.3) is 5.91 Å². The van der Waals surface area contributed by atoms with Crippen LogP contribution < -0.4 is 10.2 Å². The van der Waals surface area contributed by atoms with Crippen molar-refractivity contribution in [3.05, 3.63) is 70.6 Å². The Morgan fingerprint density at radius 2 is 1.66 bits per heavy atom. The SMILES string of the molecule is CN1CCN(c2ccccc2-c2ccc(C(=O)Nc3ccc(Cl)cc3)s2)CC1.Cl. The minimum atomic E-state index is -0.101. The van der Waals surface area contributed by atoms with Gasteiger partial charge in [-0.2, -0.15) is 0 Å². The molecule has 152 valence electrons. The Hall–Kier alpha value is -2.05. The van der Waals surface area contributed by atoms with E-state index in [4.69, 9.17) is 11.6 Å². The van der Waals surface area contributed by atoms with Crippen molar-refractivity contribution >= 4 is 52.6 Å². The van der Waals surface area contributed by atoms with E-state index in [1.54, 1.807) is 24.3 Å². The Balaban J connectivity index is 0.00000240. The van der Waals surface area contributed by atoms with Crippen molar-refractivity contribution in [2.45, 2.75) is 0 Å². The molecule has 29 heavy (non-hydrogen) atoms. The Labute approximate surface area is 186 Å². The number of anilines is 2. The Morgan fingerprint density at radius 3 is 2.38 bits per heavy atom. The molecule has 4 nitrogen and oxygen atoms in total. The molecule has 1 N–H and O–H groups in total. The summed E-state index contributed by atoms with van der Waals surface area (Å²) in [5.41, 5.74) is 3.16. The van der Waals surface area contributed by atoms with Crippen LogP contribution in [0.4, 0.5) is 11.4 Å². The molecule has 3 aromatic rings. The fourth-order valence-electron chi connectivity index (χ4n) is 3.34. The van der Waals surface area contributed by atoms with E-state index in [0.29, 0.717) is 9.90 Å². The van der Waals surface area contributed by atoms with E-state index in [1.807, 2.05) is 12.1 Å². The first-order chi connectivity index (χ1) is 13.6. The molecule has 1 aromatic heterocycles. The van der Waals surface area contributed by atoms with Crippen molar-refractivity contribution in [2.75, 3.05) is 43.4 Å². The van der Waals surface area contributed by atoms with E-state index in [-0.39, 0.29) is 18.3 Å². The van der Waals surface area contributed by atoms with Gasteiger partial charge in [-0.15, -0.1) is 23.7 Å². The maximum absolute atomic E-state index is 12.6. The number of likely N-dealkylation sites (N-methyl/N-ethyl adjacent to an activating group) is 1. The number of amides is 1. The van der Waals surface area contributed by atoms with E-state index in [1.165, 1.54) is 22.6 Å². The number of hydrogen-bond donors (Lipinski definition) is 1. The minimum Gasteiger partial charge on any atom is -0.368 e. The maximum atomic E-state index is 12.6. The number of nitrogens with one attached hydrogen (secondary N) is 1. The van der Waals surface area contributed by atoms with Crippen LogP contribution in [-0.2, 0) is 0 Å². The summed E-state index contributed by atoms with van der Waals surface area (Å²) >= 11 is 7.43. The van der Waals surface area contributed by atoms with E-state index in [0.717, 1.165) is 36.7 Å². The van der Waals surface area contributed by atoms with Crippen molar-refractivity contribution in [3.8, 4) is 10.4 Å². The summed E-state index contributed by atoms with van der Waals surface area (Å²) in [4.78, 5) is 19.2. The number of thiophene rings is 1. The summed E-state index contributed by atoms with van der Waals surface area (Å²) in [5.74, 6) is -0.101. The zero-order valence-electron chi connectivity index (χ0n) is 16.1. The molecule has 1 aliphatic rings. The highest BCUT2D eigenvalue weighted by Gasteiger charge is 2.19. The molecule has 0 atom stereocenters. The third-order valence-electron chi connectivity index (χ3n) is 4.95. The zero-order valence-corrected chi connectivity index (χ0v) is 18.5. The third kappa shape index (κ3) is 5.11. The standard InChI is InChI=1S/C22H22ClN3OS.ClH/c1-25-12-14-26(15-13-25)19-5-3-2-4-18(19)20-10-11-21(28-20)22(27)24-17-8-6-16(23)7-9-17;/h2-11H,12-15H2,1H3,(H,24,27);1H. The molecule has 4 rings (SSSR count). The van der Waals surface area contributed by atoms with Crippen LogP contribution in [0.15, 0.2) is 60.7 Å². The number of carbonyl (C=O) groups excluding carboxylic acids is 1. The number of piperazine rings is 1. The first-order valence-electron chi connectivity index (χ1n) is 9.30. The van der Waals surface area contributed by atoms with Gasteiger partial charge in [0.2, 0.25) is 0 Å². The second-order valence-electron chi connectivity index (χ2n) is 6.93. The lowest BCUT2D eigenvalue weighted by Crippen LogP contribution is -2.44. The highest BCUT2D eigenvalue weighted by molar-refractivity contribution is 7.17. The predicted molar refractivity (Wildman–Crippen MR) is 126 cm³/mol. The largest absolute Gasteiger partial charge is 0.368 e. The van der Waals surface area contributed by atoms with Crippen molar-refractivity contribution in [3.63, 3.8) is 0 Å². The first-order valence-corrected chi connectivity index (χ1v) is 10.5. The molecule has 0 unspecified atom stereocenters. The molecule has 1 aliphatic heterocycles. The van der Waals surface area contributed by atoms with Crippen LogP contribution >= 0.6 is 35.3 Å². The van der Waals surface area contributed by atoms with Gasteiger partial charge in [0.1, 0.15) is 0 Å². The van der Waals surface area contributed by atoms with E-state index >= 15 is 0 Å². The van der Waals surface area contributed by atoms with Crippen LogP contribution in [0.1, 0.15) is 9.67 Å². The van der Waals surface area contributed by atoms with Gasteiger partial charge in [-0.1, -0.05) is 29.8 Å². The number of benzene rings is 2. The molecule has 0 aliphatic carbocycles. The lowest BCUT2D eigenvalue weighted by atomic mass is 10.1. The summed E-state index contributed by atoms with van der Waals surface area (Å²) < 4.78 is 0. The topological polar surface area (TPSA) is 35.6 Å². The van der Waals surface area contributed by atoms with Gasteiger partial charge < -0.3 is 15.1 Å². The highest BCUT2D eigenvalue weighted by Crippen LogP contribution is 2.36. The second kappa shape index (κ2) is 9.63. The normalized spacial score (nSPS) is 14.3. The van der Waals surface area contributed by atoms with Gasteiger partial charge in [-0.25, -0.2) is 0 Å². The molecule has 1 amide bonds. The van der Waals surface area contributed by atoms with Crippen molar-refractivity contribution < 1.29 is 4.79 Å². The smallest absolute Gasteiger partial charge is 0.265 e. The van der Waals surface area contributed by atoms with Crippen LogP contribution in [0.5, 0.6) is 0 Å². The molecule has 0 saturated carbocycles. The number of carbonyl (C=O) groups is 1. The predicted octanol–water partition coefficient (Wildman–Crippen LogP) is 5.49. The molecule has 2 aromatic carbocycles. The Kier molecular flexibility index (Phi) is 7.19. The summed E-state index contributed by atoms with van der Waals surface area (Å²) in [6.45, 7) is 4.16. The van der Waals surface area contributed by atoms with Crippen molar-refractivity contribution in [1.29, 1.82) is 0 Å². The molecule has 2 heterocycles. The first kappa shape index (κ1) is 21.7. The molecular weight excluding hydrogens is 425 g/mol. The number of para-hydroxylation sites is 1. The number of halogens is 2. The number of hydrogen-bond acceptors (Lipinski definition) is 4. The van der Waals surface area contributed by atoms with E-state index in [9.17, 15) is 4.79 Å². The lowest BCUT2D eigenvalue weighted by molar-refractivity contribution is 0.103. The number of nitrogens with zero attached hydrogens (tertiary/aromatic N) is 2. The lowest BCUT2D eigenvalue weighted by Gasteiger charge is -2.35. The third-order valence-corrected chi connectivity index (χ3v) is 6.31. The maximum Gasteiger partial charge on any atom is 0.265 e. The number of rotatable bonds is 4. The van der Waals surface area contributed by atoms with E-state index in [2.05, 4.69) is 46.4 Å². The van der Waals surface area contributed by atoms with Gasteiger partial charge >= 0.3 is 0 Å². The average molecular weight is 448 g/mol. The summed E-state index contributed by atoms with van der Waals surface area (Å²) in [6.07, 6.45) is 0. The van der Waals surface area contributed by atoms with Crippen LogP contribution in [0.25, 0.3) is 10.4 Å². The Morgan fingerprint density at radius 1 is 0.966 bits per heavy atom. The molecule has 1 saturated heterocycles. The Bertz CT molecular complexity index is 966. The fraction of sp³-hybridized carbons (Fsp3) is 0.227. The monoisotopic (exact) mass is 447 g/mol. The molecular formula is C22H23Cl2N3OS. The van der Waals surface area contributed by atoms with Crippen LogP contribution in [0.2, 0.25) is 5.02 Å². The minimum absolute atomic E-state index is 0. The van der Waals surface area contributed by atoms with E-state index < -0.39 is 0 Å². The quantitative estimate of drug-likeness (QED) is 0.573. The molecule has 1 fully saturated rings.